The van der Waals surface area contributed by atoms with Crippen LogP contribution in [0.3, 0.4) is 0 Å². The van der Waals surface area contributed by atoms with Gasteiger partial charge in [-0.2, -0.15) is 5.26 Å². The average molecular weight is 295 g/mol. The van der Waals surface area contributed by atoms with Crippen LogP contribution in [0.2, 0.25) is 0 Å². The zero-order valence-corrected chi connectivity index (χ0v) is 13.1. The molecular weight excluding hydrogens is 274 g/mol. The van der Waals surface area contributed by atoms with Gasteiger partial charge in [0.1, 0.15) is 0 Å². The van der Waals surface area contributed by atoms with Gasteiger partial charge in [-0.05, 0) is 25.3 Å². The van der Waals surface area contributed by atoms with E-state index in [4.69, 9.17) is 0 Å². The van der Waals surface area contributed by atoms with Crippen LogP contribution < -0.4 is 0 Å². The largest absolute Gasteiger partial charge is 0.288 e. The van der Waals surface area contributed by atoms with Gasteiger partial charge >= 0.3 is 0 Å². The summed E-state index contributed by atoms with van der Waals surface area (Å²) in [7, 11) is 1.88. The SMILES string of the molecule is C[C@H]1CC(C#N)C[C@@H](c2cn(C)nn2)N1Cc1ccccc1. The van der Waals surface area contributed by atoms with Gasteiger partial charge in [0, 0.05) is 31.7 Å². The second-order valence-corrected chi connectivity index (χ2v) is 6.14. The molecule has 1 aliphatic heterocycles. The molecule has 1 unspecified atom stereocenters. The number of likely N-dealkylation sites (tertiary alicyclic amines) is 1. The highest BCUT2D eigenvalue weighted by Gasteiger charge is 2.35. The molecule has 0 saturated carbocycles. The number of benzene rings is 1. The third-order valence-electron chi connectivity index (χ3n) is 4.45. The van der Waals surface area contributed by atoms with E-state index in [9.17, 15) is 5.26 Å². The summed E-state index contributed by atoms with van der Waals surface area (Å²) in [5.74, 6) is 0.0917. The Kier molecular flexibility index (Phi) is 4.21. The Balaban J connectivity index is 1.88. The third-order valence-corrected chi connectivity index (χ3v) is 4.45. The molecule has 0 spiro atoms. The molecule has 1 saturated heterocycles. The van der Waals surface area contributed by atoms with Crippen LogP contribution in [0.15, 0.2) is 36.5 Å². The van der Waals surface area contributed by atoms with Crippen LogP contribution in [-0.4, -0.2) is 25.9 Å². The first-order valence-corrected chi connectivity index (χ1v) is 7.73. The number of rotatable bonds is 3. The highest BCUT2D eigenvalue weighted by molar-refractivity contribution is 5.16. The quantitative estimate of drug-likeness (QED) is 0.873. The number of hydrogen-bond donors (Lipinski definition) is 0. The van der Waals surface area contributed by atoms with E-state index in [1.807, 2.05) is 19.3 Å². The lowest BCUT2D eigenvalue weighted by atomic mass is 9.86. The lowest BCUT2D eigenvalue weighted by molar-refractivity contribution is 0.0642. The second kappa shape index (κ2) is 6.29. The lowest BCUT2D eigenvalue weighted by Crippen LogP contribution is -2.42. The van der Waals surface area contributed by atoms with Gasteiger partial charge in [0.05, 0.1) is 17.8 Å². The molecule has 0 N–H and O–H groups in total. The molecule has 3 rings (SSSR count). The van der Waals surface area contributed by atoms with Gasteiger partial charge in [-0.3, -0.25) is 9.58 Å². The van der Waals surface area contributed by atoms with Crippen LogP contribution in [0, 0.1) is 17.2 Å². The van der Waals surface area contributed by atoms with Crippen molar-refractivity contribution < 1.29 is 0 Å². The molecule has 0 aliphatic carbocycles. The molecular formula is C17H21N5. The van der Waals surface area contributed by atoms with Crippen LogP contribution in [-0.2, 0) is 13.6 Å². The van der Waals surface area contributed by atoms with Gasteiger partial charge < -0.3 is 0 Å². The number of nitrogens with zero attached hydrogens (tertiary/aromatic N) is 5. The smallest absolute Gasteiger partial charge is 0.0999 e. The minimum absolute atomic E-state index is 0.0917. The van der Waals surface area contributed by atoms with E-state index in [-0.39, 0.29) is 12.0 Å². The Labute approximate surface area is 131 Å². The highest BCUT2D eigenvalue weighted by Crippen LogP contribution is 2.37. The standard InChI is InChI=1S/C17H21N5/c1-13-8-15(10-18)9-17(16-12-21(2)20-19-16)22(13)11-14-6-4-3-5-7-14/h3-7,12-13,15,17H,8-9,11H2,1-2H3/t13-,15?,17-/m0/s1. The Morgan fingerprint density at radius 2 is 2.05 bits per heavy atom. The van der Waals surface area contributed by atoms with Gasteiger partial charge in [0.2, 0.25) is 0 Å². The van der Waals surface area contributed by atoms with E-state index in [1.54, 1.807) is 4.68 Å². The lowest BCUT2D eigenvalue weighted by Gasteiger charge is -2.41. The fraction of sp³-hybridized carbons (Fsp3) is 0.471. The molecule has 0 amide bonds. The zero-order valence-electron chi connectivity index (χ0n) is 13.1. The average Bonchev–Trinajstić information content (AvgIpc) is 2.96. The number of hydrogen-bond acceptors (Lipinski definition) is 4. The van der Waals surface area contributed by atoms with E-state index in [2.05, 4.69) is 52.5 Å². The molecule has 1 fully saturated rings. The van der Waals surface area contributed by atoms with E-state index >= 15 is 0 Å². The molecule has 3 atom stereocenters. The van der Waals surface area contributed by atoms with Gasteiger partial charge in [-0.25, -0.2) is 0 Å². The van der Waals surface area contributed by atoms with E-state index in [1.165, 1.54) is 5.56 Å². The van der Waals surface area contributed by atoms with Gasteiger partial charge in [-0.15, -0.1) is 5.10 Å². The van der Waals surface area contributed by atoms with Crippen LogP contribution in [0.25, 0.3) is 0 Å². The van der Waals surface area contributed by atoms with Crippen LogP contribution in [0.4, 0.5) is 0 Å². The van der Waals surface area contributed by atoms with Gasteiger partial charge in [0.15, 0.2) is 0 Å². The summed E-state index contributed by atoms with van der Waals surface area (Å²) in [5, 5.41) is 17.7. The van der Waals surface area contributed by atoms with E-state index in [0.29, 0.717) is 6.04 Å². The van der Waals surface area contributed by atoms with E-state index in [0.717, 1.165) is 25.1 Å². The van der Waals surface area contributed by atoms with Crippen molar-refractivity contribution >= 4 is 0 Å². The molecule has 0 radical (unpaired) electrons. The number of piperidine rings is 1. The predicted octanol–water partition coefficient (Wildman–Crippen LogP) is 2.68. The molecule has 5 heteroatoms. The summed E-state index contributed by atoms with van der Waals surface area (Å²) in [5.41, 5.74) is 2.25. The number of nitriles is 1. The Bertz CT molecular complexity index is 657. The van der Waals surface area contributed by atoms with Crippen LogP contribution >= 0.6 is 0 Å². The Morgan fingerprint density at radius 1 is 1.27 bits per heavy atom. The Morgan fingerprint density at radius 3 is 2.68 bits per heavy atom. The molecule has 1 aromatic carbocycles. The minimum Gasteiger partial charge on any atom is -0.288 e. The molecule has 1 aliphatic rings. The van der Waals surface area contributed by atoms with Gasteiger partial charge in [0.25, 0.3) is 0 Å². The molecule has 0 bridgehead atoms. The third kappa shape index (κ3) is 3.02. The van der Waals surface area contributed by atoms with Gasteiger partial charge in [-0.1, -0.05) is 35.5 Å². The summed E-state index contributed by atoms with van der Waals surface area (Å²) in [6.45, 7) is 3.08. The summed E-state index contributed by atoms with van der Waals surface area (Å²) in [4.78, 5) is 2.45. The van der Waals surface area contributed by atoms with Crippen LogP contribution in [0.5, 0.6) is 0 Å². The minimum atomic E-state index is 0.0917. The first kappa shape index (κ1) is 14.7. The Hall–Kier alpha value is -2.19. The number of aryl methyl sites for hydroxylation is 1. The van der Waals surface area contributed by atoms with Crippen molar-refractivity contribution in [1.82, 2.24) is 19.9 Å². The molecule has 5 nitrogen and oxygen atoms in total. The van der Waals surface area contributed by atoms with Crippen LogP contribution in [0.1, 0.15) is 37.1 Å². The first-order valence-electron chi connectivity index (χ1n) is 7.73. The van der Waals surface area contributed by atoms with Crippen molar-refractivity contribution in [2.45, 2.75) is 38.4 Å². The predicted molar refractivity (Wildman–Crippen MR) is 83.5 cm³/mol. The summed E-state index contributed by atoms with van der Waals surface area (Å²) < 4.78 is 1.73. The zero-order chi connectivity index (χ0) is 15.5. The molecule has 2 heterocycles. The summed E-state index contributed by atoms with van der Waals surface area (Å²) >= 11 is 0. The van der Waals surface area contributed by atoms with E-state index < -0.39 is 0 Å². The molecule has 1 aromatic heterocycles. The maximum Gasteiger partial charge on any atom is 0.0999 e. The molecule has 2 aromatic rings. The maximum absolute atomic E-state index is 9.34. The summed E-state index contributed by atoms with van der Waals surface area (Å²) in [6, 6.07) is 13.4. The number of aromatic nitrogens is 3. The fourth-order valence-electron chi connectivity index (χ4n) is 3.33. The summed E-state index contributed by atoms with van der Waals surface area (Å²) in [6.07, 6.45) is 3.71. The van der Waals surface area contributed by atoms with Crippen molar-refractivity contribution in [3.8, 4) is 6.07 Å². The van der Waals surface area contributed by atoms with Crippen molar-refractivity contribution in [2.24, 2.45) is 13.0 Å². The fourth-order valence-corrected chi connectivity index (χ4v) is 3.33. The van der Waals surface area contributed by atoms with Crippen molar-refractivity contribution in [2.75, 3.05) is 0 Å². The first-order chi connectivity index (χ1) is 10.7. The molecule has 22 heavy (non-hydrogen) atoms. The normalized spacial score (nSPS) is 25.8. The van der Waals surface area contributed by atoms with Crippen molar-refractivity contribution in [3.05, 3.63) is 47.8 Å². The maximum atomic E-state index is 9.34. The van der Waals surface area contributed by atoms with Crippen molar-refractivity contribution in [3.63, 3.8) is 0 Å². The monoisotopic (exact) mass is 295 g/mol. The topological polar surface area (TPSA) is 57.7 Å². The molecule has 114 valence electrons. The van der Waals surface area contributed by atoms with Crippen molar-refractivity contribution in [1.29, 1.82) is 5.26 Å². The second-order valence-electron chi connectivity index (χ2n) is 6.14. The highest BCUT2D eigenvalue weighted by atomic mass is 15.4.